The number of nitrogens with zero attached hydrogens (tertiary/aromatic N) is 1. The molecule has 1 N–H and O–H groups in total. The molecule has 0 aliphatic heterocycles. The molecule has 1 amide bonds. The van der Waals surface area contributed by atoms with E-state index >= 15 is 0 Å². The van der Waals surface area contributed by atoms with Crippen LogP contribution in [0.4, 0.5) is 4.79 Å². The molecule has 3 fully saturated rings. The van der Waals surface area contributed by atoms with Gasteiger partial charge in [-0.05, 0) is 105 Å². The lowest BCUT2D eigenvalue weighted by Gasteiger charge is -2.58. The number of hydrogen-bond acceptors (Lipinski definition) is 3. The molecule has 4 aliphatic rings. The van der Waals surface area contributed by atoms with Gasteiger partial charge in [0.2, 0.25) is 0 Å². The minimum atomic E-state index is -0.243. The van der Waals surface area contributed by atoms with Crippen LogP contribution in [0.3, 0.4) is 0 Å². The first kappa shape index (κ1) is 28.0. The Balaban J connectivity index is 1.37. The third-order valence-corrected chi connectivity index (χ3v) is 11.4. The number of nitrogens with one attached hydrogen (secondary N) is 1. The van der Waals surface area contributed by atoms with Crippen LogP contribution in [0.15, 0.2) is 11.6 Å². The highest BCUT2D eigenvalue weighted by molar-refractivity contribution is 5.67. The highest BCUT2D eigenvalue weighted by Crippen LogP contribution is 2.67. The Kier molecular flexibility index (Phi) is 8.85. The van der Waals surface area contributed by atoms with E-state index < -0.39 is 0 Å². The third-order valence-electron chi connectivity index (χ3n) is 11.4. The van der Waals surface area contributed by atoms with E-state index in [0.717, 1.165) is 54.9 Å². The summed E-state index contributed by atoms with van der Waals surface area (Å²) in [5, 5.41) is 2.93. The van der Waals surface area contributed by atoms with E-state index in [9.17, 15) is 4.79 Å². The standard InChI is InChI=1S/C32H56N2O2/c1-22(2)9-8-10-23(3)27-13-14-28-26-12-11-24-21-25(36-30(35)33-19-20-34(6)7)15-17-31(24,4)29(26)16-18-32(27,28)5/h11,22-23,25-29H,8-10,12-21H2,1-7H3,(H,33,35)/t23-,25+,26+,27?,28?,29?,31+,32-/m1/s1. The number of hydrogen-bond donors (Lipinski definition) is 1. The van der Waals surface area contributed by atoms with Gasteiger partial charge in [0.25, 0.3) is 0 Å². The normalized spacial score (nSPS) is 38.7. The number of allylic oxidation sites excluding steroid dienone is 1. The molecule has 3 unspecified atom stereocenters. The minimum Gasteiger partial charge on any atom is -0.446 e. The molecule has 0 aromatic carbocycles. The van der Waals surface area contributed by atoms with Gasteiger partial charge in [-0.1, -0.05) is 65.5 Å². The van der Waals surface area contributed by atoms with Crippen molar-refractivity contribution in [1.82, 2.24) is 10.2 Å². The van der Waals surface area contributed by atoms with Crippen LogP contribution < -0.4 is 5.32 Å². The van der Waals surface area contributed by atoms with Gasteiger partial charge >= 0.3 is 6.09 Å². The van der Waals surface area contributed by atoms with Crippen LogP contribution in [0, 0.1) is 46.3 Å². The number of rotatable bonds is 9. The van der Waals surface area contributed by atoms with Crippen LogP contribution in [-0.4, -0.2) is 44.3 Å². The van der Waals surface area contributed by atoms with Crippen molar-refractivity contribution in [2.75, 3.05) is 27.2 Å². The summed E-state index contributed by atoms with van der Waals surface area (Å²) in [7, 11) is 4.04. The zero-order valence-corrected chi connectivity index (χ0v) is 24.6. The van der Waals surface area contributed by atoms with Crippen LogP contribution in [-0.2, 0) is 4.74 Å². The summed E-state index contributed by atoms with van der Waals surface area (Å²) in [6, 6.07) is 0. The zero-order chi connectivity index (χ0) is 26.1. The van der Waals surface area contributed by atoms with Crippen molar-refractivity contribution >= 4 is 6.09 Å². The Labute approximate surface area is 222 Å². The SMILES string of the molecule is CC(C)CCC[C@@H](C)C1CCC2[C@@H]3CC=C4C[C@@H](OC(=O)NCCN(C)C)CC[C@]4(C)C3CC[C@@]21C. The van der Waals surface area contributed by atoms with Crippen LogP contribution in [0.2, 0.25) is 0 Å². The van der Waals surface area contributed by atoms with Gasteiger partial charge in [0, 0.05) is 19.5 Å². The molecule has 4 rings (SSSR count). The van der Waals surface area contributed by atoms with E-state index in [-0.39, 0.29) is 12.2 Å². The Morgan fingerprint density at radius 2 is 1.86 bits per heavy atom. The van der Waals surface area contributed by atoms with Crippen LogP contribution >= 0.6 is 0 Å². The lowest BCUT2D eigenvalue weighted by Crippen LogP contribution is -2.51. The van der Waals surface area contributed by atoms with Crippen molar-refractivity contribution in [3.63, 3.8) is 0 Å². The quantitative estimate of drug-likeness (QED) is 0.330. The molecule has 206 valence electrons. The van der Waals surface area contributed by atoms with Crippen molar-refractivity contribution in [2.45, 2.75) is 111 Å². The van der Waals surface area contributed by atoms with Gasteiger partial charge in [0.1, 0.15) is 6.10 Å². The first-order chi connectivity index (χ1) is 17.0. The van der Waals surface area contributed by atoms with Crippen molar-refractivity contribution in [1.29, 1.82) is 0 Å². The van der Waals surface area contributed by atoms with Gasteiger partial charge in [-0.2, -0.15) is 0 Å². The average molecular weight is 501 g/mol. The predicted molar refractivity (Wildman–Crippen MR) is 150 cm³/mol. The van der Waals surface area contributed by atoms with E-state index in [1.807, 2.05) is 14.1 Å². The number of carbonyl (C=O) groups is 1. The second kappa shape index (κ2) is 11.4. The number of carbonyl (C=O) groups excluding carboxylic acids is 1. The van der Waals surface area contributed by atoms with Crippen LogP contribution in [0.25, 0.3) is 0 Å². The maximum absolute atomic E-state index is 12.3. The second-order valence-corrected chi connectivity index (χ2v) is 14.3. The van der Waals surface area contributed by atoms with Crippen LogP contribution in [0.5, 0.6) is 0 Å². The zero-order valence-electron chi connectivity index (χ0n) is 24.6. The molecular formula is C32H56N2O2. The number of likely N-dealkylation sites (N-methyl/N-ethyl adjacent to an activating group) is 1. The molecule has 0 spiro atoms. The number of amides is 1. The first-order valence-corrected chi connectivity index (χ1v) is 15.3. The molecule has 0 aromatic rings. The molecule has 4 nitrogen and oxygen atoms in total. The van der Waals surface area contributed by atoms with Gasteiger partial charge in [-0.3, -0.25) is 0 Å². The summed E-state index contributed by atoms with van der Waals surface area (Å²) in [6.07, 6.45) is 16.7. The lowest BCUT2D eigenvalue weighted by atomic mass is 9.47. The molecule has 4 heteroatoms. The summed E-state index contributed by atoms with van der Waals surface area (Å²) in [5.74, 6) is 5.21. The van der Waals surface area contributed by atoms with Gasteiger partial charge in [0.15, 0.2) is 0 Å². The van der Waals surface area contributed by atoms with Crippen molar-refractivity contribution in [3.05, 3.63) is 11.6 Å². The van der Waals surface area contributed by atoms with Gasteiger partial charge in [-0.25, -0.2) is 4.79 Å². The van der Waals surface area contributed by atoms with Gasteiger partial charge in [0.05, 0.1) is 0 Å². The molecule has 4 aliphatic carbocycles. The maximum Gasteiger partial charge on any atom is 0.407 e. The smallest absolute Gasteiger partial charge is 0.407 e. The summed E-state index contributed by atoms with van der Waals surface area (Å²) in [5.41, 5.74) is 2.46. The van der Waals surface area contributed by atoms with Crippen molar-refractivity contribution < 1.29 is 9.53 Å². The Hall–Kier alpha value is -1.03. The van der Waals surface area contributed by atoms with E-state index in [2.05, 4.69) is 50.9 Å². The second-order valence-electron chi connectivity index (χ2n) is 14.3. The lowest BCUT2D eigenvalue weighted by molar-refractivity contribution is -0.0581. The maximum atomic E-state index is 12.3. The number of fused-ring (bicyclic) bond motifs is 5. The fourth-order valence-electron chi connectivity index (χ4n) is 9.33. The first-order valence-electron chi connectivity index (χ1n) is 15.3. The summed E-state index contributed by atoms with van der Waals surface area (Å²) in [4.78, 5) is 14.4. The van der Waals surface area contributed by atoms with Gasteiger partial charge < -0.3 is 15.0 Å². The Morgan fingerprint density at radius 1 is 1.08 bits per heavy atom. The van der Waals surface area contributed by atoms with Gasteiger partial charge in [-0.15, -0.1) is 0 Å². The molecule has 0 saturated heterocycles. The third kappa shape index (κ3) is 5.69. The highest BCUT2D eigenvalue weighted by Gasteiger charge is 2.59. The van der Waals surface area contributed by atoms with Crippen molar-refractivity contribution in [3.8, 4) is 0 Å². The minimum absolute atomic E-state index is 0.0386. The Morgan fingerprint density at radius 3 is 2.58 bits per heavy atom. The summed E-state index contributed by atoms with van der Waals surface area (Å²) >= 11 is 0. The molecular weight excluding hydrogens is 444 g/mol. The number of ether oxygens (including phenoxy) is 1. The molecule has 0 bridgehead atoms. The predicted octanol–water partition coefficient (Wildman–Crippen LogP) is 7.68. The molecule has 0 aromatic heterocycles. The number of alkyl carbamates (subject to hydrolysis) is 1. The molecule has 8 atom stereocenters. The fraction of sp³-hybridized carbons (Fsp3) is 0.906. The fourth-order valence-corrected chi connectivity index (χ4v) is 9.33. The highest BCUT2D eigenvalue weighted by atomic mass is 16.6. The van der Waals surface area contributed by atoms with E-state index in [0.29, 0.717) is 17.4 Å². The molecule has 3 saturated carbocycles. The average Bonchev–Trinajstić information content (AvgIpc) is 3.16. The Bertz CT molecular complexity index is 791. The monoisotopic (exact) mass is 500 g/mol. The van der Waals surface area contributed by atoms with Crippen LogP contribution in [0.1, 0.15) is 105 Å². The van der Waals surface area contributed by atoms with E-state index in [1.54, 1.807) is 5.57 Å². The summed E-state index contributed by atoms with van der Waals surface area (Å²) in [6.45, 7) is 14.0. The van der Waals surface area contributed by atoms with E-state index in [4.69, 9.17) is 4.74 Å². The molecule has 36 heavy (non-hydrogen) atoms. The largest absolute Gasteiger partial charge is 0.446 e. The van der Waals surface area contributed by atoms with E-state index in [1.165, 1.54) is 57.8 Å². The van der Waals surface area contributed by atoms with Crippen molar-refractivity contribution in [2.24, 2.45) is 46.3 Å². The molecule has 0 heterocycles. The molecule has 0 radical (unpaired) electrons. The summed E-state index contributed by atoms with van der Waals surface area (Å²) < 4.78 is 5.87. The topological polar surface area (TPSA) is 41.6 Å².